The Bertz CT molecular complexity index is 2700. The van der Waals surface area contributed by atoms with Gasteiger partial charge in [-0.3, -0.25) is 18.2 Å². The van der Waals surface area contributed by atoms with Gasteiger partial charge in [0.15, 0.2) is 5.75 Å². The molecule has 0 bridgehead atoms. The summed E-state index contributed by atoms with van der Waals surface area (Å²) in [5.41, 5.74) is 4.43. The van der Waals surface area contributed by atoms with Gasteiger partial charge in [-0.15, -0.1) is 15.3 Å². The number of anilines is 1. The largest absolute Gasteiger partial charge is 0.505 e. The predicted octanol–water partition coefficient (Wildman–Crippen LogP) is 3.58. The summed E-state index contributed by atoms with van der Waals surface area (Å²) >= 11 is 0. The minimum atomic E-state index is -5.17. The van der Waals surface area contributed by atoms with Gasteiger partial charge in [-0.2, -0.15) is 38.8 Å². The summed E-state index contributed by atoms with van der Waals surface area (Å²) in [6.45, 7) is 0. The van der Waals surface area contributed by atoms with Gasteiger partial charge >= 0.3 is 0 Å². The molecule has 0 spiro atoms. The average Bonchev–Trinajstić information content (AvgIpc) is 2.97. The third-order valence-corrected chi connectivity index (χ3v) is 10.1. The summed E-state index contributed by atoms with van der Waals surface area (Å²) in [4.78, 5) is -2.81. The van der Waals surface area contributed by atoms with Crippen molar-refractivity contribution in [1.82, 2.24) is 0 Å². The molecular formula is C26H19N5Na4O13S4. The van der Waals surface area contributed by atoms with Crippen molar-refractivity contribution in [2.24, 2.45) is 20.5 Å². The van der Waals surface area contributed by atoms with Gasteiger partial charge in [0.2, 0.25) is 0 Å². The van der Waals surface area contributed by atoms with Gasteiger partial charge in [-0.05, 0) is 72.1 Å². The fourth-order valence-corrected chi connectivity index (χ4v) is 6.72. The molecule has 0 fully saturated rings. The van der Waals surface area contributed by atoms with Gasteiger partial charge in [-0.25, -0.2) is 0 Å². The average molecular weight is 830 g/mol. The van der Waals surface area contributed by atoms with E-state index in [-0.39, 0.29) is 162 Å². The Morgan fingerprint density at radius 1 is 0.481 bits per heavy atom. The topological polar surface area (TPSA) is 313 Å². The maximum Gasteiger partial charge on any atom is 0.296 e. The van der Waals surface area contributed by atoms with Gasteiger partial charge in [0.25, 0.3) is 40.5 Å². The third-order valence-electron chi connectivity index (χ3n) is 6.64. The molecule has 5 rings (SSSR count). The van der Waals surface area contributed by atoms with Crippen LogP contribution in [0.4, 0.5) is 28.4 Å². The minimum Gasteiger partial charge on any atom is -0.505 e. The van der Waals surface area contributed by atoms with Crippen LogP contribution in [0, 0.1) is 0 Å². The molecule has 0 amide bonds. The number of rotatable bonds is 8. The zero-order valence-electron chi connectivity index (χ0n) is 27.4. The van der Waals surface area contributed by atoms with E-state index in [0.29, 0.717) is 0 Å². The molecule has 0 aliphatic heterocycles. The first-order chi connectivity index (χ1) is 22.1. The van der Waals surface area contributed by atoms with E-state index in [1.807, 2.05) is 0 Å². The Morgan fingerprint density at radius 2 is 0.962 bits per heavy atom. The van der Waals surface area contributed by atoms with Crippen LogP contribution < -0.4 is 5.73 Å². The second kappa shape index (κ2) is 18.3. The number of phenolic OH excluding ortho intramolecular Hbond substituents is 1. The van der Waals surface area contributed by atoms with E-state index in [1.54, 1.807) is 0 Å². The first-order valence-corrected chi connectivity index (χ1v) is 18.4. The maximum absolute atomic E-state index is 12.3. The summed E-state index contributed by atoms with van der Waals surface area (Å²) in [5.74, 6) is -0.925. The molecule has 0 saturated carbocycles. The molecule has 0 unspecified atom stereocenters. The Morgan fingerprint density at radius 3 is 1.48 bits per heavy atom. The molecule has 0 aliphatic rings. The van der Waals surface area contributed by atoms with Crippen LogP contribution in [0.15, 0.2) is 113 Å². The number of nitrogens with two attached hydrogens (primary N) is 1. The van der Waals surface area contributed by atoms with E-state index in [1.165, 1.54) is 30.3 Å². The van der Waals surface area contributed by atoms with Crippen molar-refractivity contribution in [3.8, 4) is 5.75 Å². The van der Waals surface area contributed by atoms with Crippen LogP contribution >= 0.6 is 0 Å². The Hall–Kier alpha value is -0.940. The minimum absolute atomic E-state index is 0. The number of aromatic hydroxyl groups is 1. The molecular weight excluding hydrogens is 811 g/mol. The molecule has 0 aliphatic carbocycles. The number of phenols is 1. The van der Waals surface area contributed by atoms with E-state index in [2.05, 4.69) is 20.5 Å². The molecule has 52 heavy (non-hydrogen) atoms. The normalized spacial score (nSPS) is 12.2. The van der Waals surface area contributed by atoms with Crippen molar-refractivity contribution in [3.05, 3.63) is 72.8 Å². The smallest absolute Gasteiger partial charge is 0.296 e. The molecule has 18 nitrogen and oxygen atoms in total. The summed E-state index contributed by atoms with van der Waals surface area (Å²) in [6, 6.07) is 12.9. The molecule has 0 aromatic heterocycles. The number of benzene rings is 5. The summed E-state index contributed by atoms with van der Waals surface area (Å²) in [6.07, 6.45) is 0. The van der Waals surface area contributed by atoms with Gasteiger partial charge in [-0.1, -0.05) is 6.07 Å². The van der Waals surface area contributed by atoms with Crippen LogP contribution in [-0.4, -0.2) is 175 Å². The van der Waals surface area contributed by atoms with E-state index in [0.717, 1.165) is 42.5 Å². The van der Waals surface area contributed by atoms with Crippen molar-refractivity contribution in [1.29, 1.82) is 0 Å². The Kier molecular flexibility index (Phi) is 17.3. The molecule has 7 N–H and O–H groups in total. The number of nitrogens with zero attached hydrogens (tertiary/aromatic N) is 4. The van der Waals surface area contributed by atoms with Crippen LogP contribution in [0.1, 0.15) is 0 Å². The summed E-state index contributed by atoms with van der Waals surface area (Å²) in [7, 11) is -19.3. The van der Waals surface area contributed by atoms with E-state index in [4.69, 9.17) is 10.3 Å². The van der Waals surface area contributed by atoms with Gasteiger partial charge < -0.3 is 10.8 Å². The van der Waals surface area contributed by atoms with Gasteiger partial charge in [0.1, 0.15) is 15.5 Å². The first kappa shape index (κ1) is 49.1. The van der Waals surface area contributed by atoms with E-state index in [9.17, 15) is 52.4 Å². The van der Waals surface area contributed by atoms with Gasteiger partial charge in [0.05, 0.1) is 32.5 Å². The Labute approximate surface area is 384 Å². The zero-order valence-corrected chi connectivity index (χ0v) is 38.7. The number of hydrogen-bond donors (Lipinski definition) is 6. The predicted molar refractivity (Wildman–Crippen MR) is 191 cm³/mol. The van der Waals surface area contributed by atoms with Crippen molar-refractivity contribution < 1.29 is 57.0 Å². The van der Waals surface area contributed by atoms with E-state index < -0.39 is 72.3 Å². The number of azo groups is 2. The third kappa shape index (κ3) is 11.1. The monoisotopic (exact) mass is 829 g/mol. The maximum atomic E-state index is 12.3. The molecule has 0 atom stereocenters. The molecule has 0 saturated heterocycles. The van der Waals surface area contributed by atoms with Gasteiger partial charge in [0, 0.05) is 134 Å². The van der Waals surface area contributed by atoms with Crippen LogP contribution in [-0.2, 0) is 40.5 Å². The molecule has 254 valence electrons. The standard InChI is InChI=1S/C26H19N5O13S4.4Na/c27-20-12-18-13(9-23(20)47(39,40)41)10-24(48(42,43)44)25(26(18)32)31-30-22-8-7-21(17-6-5-16(11-19(17)22)46(36,37)38)29-28-14-1-3-15(4-2-14)45(33,34)35;;;;/h1-12,32H,27H2,(H,33,34,35)(H,36,37,38)(H,39,40,41)(H,42,43,44);;;;. The van der Waals surface area contributed by atoms with E-state index >= 15 is 0 Å². The van der Waals surface area contributed by atoms with Crippen LogP contribution in [0.3, 0.4) is 0 Å². The fraction of sp³-hybridized carbons (Fsp3) is 0. The van der Waals surface area contributed by atoms with Crippen LogP contribution in [0.2, 0.25) is 0 Å². The molecule has 26 heteroatoms. The quantitative estimate of drug-likeness (QED) is 0.0564. The van der Waals surface area contributed by atoms with Crippen molar-refractivity contribution in [2.75, 3.05) is 5.73 Å². The van der Waals surface area contributed by atoms with Crippen molar-refractivity contribution in [2.45, 2.75) is 19.6 Å². The number of fused-ring (bicyclic) bond motifs is 2. The molecule has 0 heterocycles. The first-order valence-electron chi connectivity index (χ1n) is 12.6. The Balaban J connectivity index is 0.00000338. The summed E-state index contributed by atoms with van der Waals surface area (Å²) in [5, 5.41) is 26.3. The van der Waals surface area contributed by atoms with Crippen LogP contribution in [0.25, 0.3) is 21.5 Å². The second-order valence-electron chi connectivity index (χ2n) is 9.79. The van der Waals surface area contributed by atoms with Crippen molar-refractivity contribution in [3.63, 3.8) is 0 Å². The zero-order chi connectivity index (χ0) is 35.4. The summed E-state index contributed by atoms with van der Waals surface area (Å²) < 4.78 is 132. The fourth-order valence-electron chi connectivity index (χ4n) is 4.44. The molecule has 5 aromatic carbocycles. The number of hydrogen-bond acceptors (Lipinski definition) is 14. The van der Waals surface area contributed by atoms with Crippen LogP contribution in [0.5, 0.6) is 5.75 Å². The molecule has 4 radical (unpaired) electrons. The second-order valence-corrected chi connectivity index (χ2v) is 15.4. The molecule has 5 aromatic rings. The number of nitrogen functional groups attached to an aromatic ring is 1. The SMILES string of the molecule is Nc1cc2c(O)c(N=Nc3ccc(N=Nc4ccc(S(=O)(=O)O)cc4)c4ccc(S(=O)(=O)O)cc34)c(S(=O)(=O)O)cc2cc1S(=O)(=O)O.[Na].[Na].[Na].[Na]. The van der Waals surface area contributed by atoms with Crippen molar-refractivity contribution >= 4 is 209 Å².